The zero-order valence-corrected chi connectivity index (χ0v) is 20.2. The number of nitrogens with one attached hydrogen (secondary N) is 1. The lowest BCUT2D eigenvalue weighted by Crippen LogP contribution is -2.39. The van der Waals surface area contributed by atoms with Crippen LogP contribution in [0.5, 0.6) is 0 Å². The largest absolute Gasteiger partial charge is 0.360 e. The third-order valence-corrected chi connectivity index (χ3v) is 7.83. The van der Waals surface area contributed by atoms with Crippen molar-refractivity contribution in [2.45, 2.75) is 62.4 Å². The summed E-state index contributed by atoms with van der Waals surface area (Å²) in [5, 5.41) is 4.70. The van der Waals surface area contributed by atoms with Crippen LogP contribution in [-0.2, 0) is 4.79 Å². The fraction of sp³-hybridized carbons (Fsp3) is 0.714. The lowest BCUT2D eigenvalue weighted by Gasteiger charge is -2.32. The molecule has 4 heterocycles. The number of piperidine rings is 1. The smallest absolute Gasteiger partial charge is 0.222 e. The van der Waals surface area contributed by atoms with Crippen LogP contribution in [0.25, 0.3) is 0 Å². The highest BCUT2D eigenvalue weighted by Crippen LogP contribution is 2.38. The predicted octanol–water partition coefficient (Wildman–Crippen LogP) is 4.69. The number of amides is 1. The van der Waals surface area contributed by atoms with Gasteiger partial charge in [0, 0.05) is 42.8 Å². The average molecular weight is 504 g/mol. The Morgan fingerprint density at radius 3 is 2.86 bits per heavy atom. The fourth-order valence-corrected chi connectivity index (χ4v) is 5.97. The van der Waals surface area contributed by atoms with E-state index in [4.69, 9.17) is 0 Å². The lowest BCUT2D eigenvalue weighted by molar-refractivity contribution is -0.132. The lowest BCUT2D eigenvalue weighted by atomic mass is 9.90. The second kappa shape index (κ2) is 11.2. The number of halogens is 2. The van der Waals surface area contributed by atoms with Crippen molar-refractivity contribution in [1.29, 1.82) is 0 Å². The molecule has 0 aliphatic carbocycles. The van der Waals surface area contributed by atoms with Gasteiger partial charge in [0.15, 0.2) is 0 Å². The highest BCUT2D eigenvalue weighted by molar-refractivity contribution is 9.10. The summed E-state index contributed by atoms with van der Waals surface area (Å²) >= 11 is 5.29. The number of pyridine rings is 1. The molecular weight excluding hydrogens is 472 g/mol. The first-order chi connectivity index (χ1) is 13.7. The van der Waals surface area contributed by atoms with E-state index in [-0.39, 0.29) is 12.4 Å². The van der Waals surface area contributed by atoms with Crippen LogP contribution in [0.4, 0.5) is 5.69 Å². The summed E-state index contributed by atoms with van der Waals surface area (Å²) in [5.41, 5.74) is 1.20. The maximum absolute atomic E-state index is 12.6. The van der Waals surface area contributed by atoms with Gasteiger partial charge < -0.3 is 15.1 Å². The van der Waals surface area contributed by atoms with Gasteiger partial charge in [-0.1, -0.05) is 11.8 Å². The molecular formula is C21H32BrClN4OS. The standard InChI is InChI=1S/C21H31BrN4OS.ClH/c22-17-13-19-21(24-14-17)28-15-26(19)10-2-4-20(27)25-11-7-16(8-12-25)5-6-18-3-1-9-23-18;/h13-14,16,18,23H,1-12,15H2;1H. The van der Waals surface area contributed by atoms with Crippen molar-refractivity contribution in [2.24, 2.45) is 5.92 Å². The van der Waals surface area contributed by atoms with Gasteiger partial charge in [-0.15, -0.1) is 12.4 Å². The van der Waals surface area contributed by atoms with Gasteiger partial charge in [0.25, 0.3) is 0 Å². The topological polar surface area (TPSA) is 48.5 Å². The minimum Gasteiger partial charge on any atom is -0.360 e. The van der Waals surface area contributed by atoms with Crippen LogP contribution in [0.15, 0.2) is 21.8 Å². The Morgan fingerprint density at radius 2 is 2.10 bits per heavy atom. The highest BCUT2D eigenvalue weighted by Gasteiger charge is 2.25. The van der Waals surface area contributed by atoms with E-state index in [2.05, 4.69) is 42.1 Å². The maximum atomic E-state index is 12.6. The van der Waals surface area contributed by atoms with Gasteiger partial charge in [0.2, 0.25) is 5.91 Å². The van der Waals surface area contributed by atoms with Crippen molar-refractivity contribution in [3.63, 3.8) is 0 Å². The van der Waals surface area contributed by atoms with Crippen LogP contribution in [0.3, 0.4) is 0 Å². The Labute approximate surface area is 193 Å². The molecule has 4 rings (SSSR count). The third-order valence-electron chi connectivity index (χ3n) is 6.37. The number of aromatic nitrogens is 1. The van der Waals surface area contributed by atoms with Gasteiger partial charge in [0.1, 0.15) is 5.03 Å². The SMILES string of the molecule is Cl.O=C(CCCN1CSc2ncc(Br)cc21)N1CCC(CCC2CCCN2)CC1. The summed E-state index contributed by atoms with van der Waals surface area (Å²) in [6, 6.07) is 2.89. The van der Waals surface area contributed by atoms with E-state index in [9.17, 15) is 4.79 Å². The summed E-state index contributed by atoms with van der Waals surface area (Å²) in [7, 11) is 0. The molecule has 2 saturated heterocycles. The molecule has 1 N–H and O–H groups in total. The zero-order valence-electron chi connectivity index (χ0n) is 16.9. The maximum Gasteiger partial charge on any atom is 0.222 e. The van der Waals surface area contributed by atoms with Crippen LogP contribution in [0, 0.1) is 5.92 Å². The summed E-state index contributed by atoms with van der Waals surface area (Å²) in [4.78, 5) is 21.5. The third kappa shape index (κ3) is 6.25. The van der Waals surface area contributed by atoms with Crippen molar-refractivity contribution >= 4 is 51.7 Å². The number of fused-ring (bicyclic) bond motifs is 1. The number of carbonyl (C=O) groups is 1. The van der Waals surface area contributed by atoms with Gasteiger partial charge in [-0.05, 0) is 79.4 Å². The molecule has 1 unspecified atom stereocenters. The Hall–Kier alpha value is -0.500. The fourth-order valence-electron chi connectivity index (χ4n) is 4.64. The molecule has 1 aromatic heterocycles. The molecule has 3 aliphatic heterocycles. The molecule has 1 amide bonds. The summed E-state index contributed by atoms with van der Waals surface area (Å²) in [6.45, 7) is 4.05. The molecule has 1 atom stereocenters. The van der Waals surface area contributed by atoms with Crippen molar-refractivity contribution in [3.8, 4) is 0 Å². The Bertz CT molecular complexity index is 681. The van der Waals surface area contributed by atoms with Crippen LogP contribution in [0.2, 0.25) is 0 Å². The molecule has 0 saturated carbocycles. The summed E-state index contributed by atoms with van der Waals surface area (Å²) < 4.78 is 1.02. The first-order valence-corrected chi connectivity index (χ1v) is 12.5. The zero-order chi connectivity index (χ0) is 19.3. The van der Waals surface area contributed by atoms with Gasteiger partial charge in [0.05, 0.1) is 11.6 Å². The first kappa shape index (κ1) is 23.2. The number of carbonyl (C=O) groups excluding carboxylic acids is 1. The molecule has 3 aliphatic rings. The van der Waals surface area contributed by atoms with E-state index in [1.54, 1.807) is 11.8 Å². The van der Waals surface area contributed by atoms with E-state index < -0.39 is 0 Å². The number of hydrogen-bond acceptors (Lipinski definition) is 5. The minimum atomic E-state index is 0. The van der Waals surface area contributed by atoms with Gasteiger partial charge in [-0.2, -0.15) is 0 Å². The monoisotopic (exact) mass is 502 g/mol. The molecule has 29 heavy (non-hydrogen) atoms. The van der Waals surface area contributed by atoms with E-state index >= 15 is 0 Å². The second-order valence-corrected chi connectivity index (χ2v) is 10.2. The summed E-state index contributed by atoms with van der Waals surface area (Å²) in [5.74, 6) is 2.10. The molecule has 0 radical (unpaired) electrons. The van der Waals surface area contributed by atoms with Crippen molar-refractivity contribution in [1.82, 2.24) is 15.2 Å². The number of hydrogen-bond donors (Lipinski definition) is 1. The second-order valence-electron chi connectivity index (χ2n) is 8.31. The minimum absolute atomic E-state index is 0. The normalized spacial score (nSPS) is 21.9. The number of anilines is 1. The quantitative estimate of drug-likeness (QED) is 0.585. The number of rotatable bonds is 7. The van der Waals surface area contributed by atoms with Crippen LogP contribution in [-0.4, -0.2) is 53.9 Å². The van der Waals surface area contributed by atoms with E-state index in [0.717, 1.165) is 53.4 Å². The molecule has 2 fully saturated rings. The first-order valence-electron chi connectivity index (χ1n) is 10.7. The molecule has 162 valence electrons. The van der Waals surface area contributed by atoms with Crippen molar-refractivity contribution in [2.75, 3.05) is 37.0 Å². The molecule has 0 bridgehead atoms. The van der Waals surface area contributed by atoms with E-state index in [0.29, 0.717) is 12.3 Å². The average Bonchev–Trinajstić information content (AvgIpc) is 3.37. The number of likely N-dealkylation sites (tertiary alicyclic amines) is 1. The molecule has 0 aromatic carbocycles. The van der Waals surface area contributed by atoms with Gasteiger partial charge in [-0.25, -0.2) is 4.98 Å². The Balaban J connectivity index is 0.00000240. The van der Waals surface area contributed by atoms with E-state index in [1.165, 1.54) is 50.8 Å². The molecule has 1 aromatic rings. The number of nitrogens with zero attached hydrogens (tertiary/aromatic N) is 3. The molecule has 8 heteroatoms. The highest BCUT2D eigenvalue weighted by atomic mass is 79.9. The molecule has 5 nitrogen and oxygen atoms in total. The summed E-state index contributed by atoms with van der Waals surface area (Å²) in [6.07, 6.45) is 11.1. The Kier molecular flexibility index (Phi) is 8.96. The van der Waals surface area contributed by atoms with Crippen LogP contribution in [0.1, 0.15) is 51.4 Å². The predicted molar refractivity (Wildman–Crippen MR) is 126 cm³/mol. The van der Waals surface area contributed by atoms with Gasteiger partial charge in [-0.3, -0.25) is 4.79 Å². The van der Waals surface area contributed by atoms with Crippen molar-refractivity contribution < 1.29 is 4.79 Å². The van der Waals surface area contributed by atoms with Crippen LogP contribution < -0.4 is 10.2 Å². The Morgan fingerprint density at radius 1 is 1.28 bits per heavy atom. The number of thioether (sulfide) groups is 1. The van der Waals surface area contributed by atoms with Crippen LogP contribution >= 0.6 is 40.1 Å². The van der Waals surface area contributed by atoms with E-state index in [1.807, 2.05) is 6.20 Å². The van der Waals surface area contributed by atoms with Crippen molar-refractivity contribution in [3.05, 3.63) is 16.7 Å². The molecule has 0 spiro atoms. The van der Waals surface area contributed by atoms with Gasteiger partial charge >= 0.3 is 0 Å².